The van der Waals surface area contributed by atoms with Gasteiger partial charge in [0, 0.05) is 12.2 Å². The number of rotatable bonds is 3. The van der Waals surface area contributed by atoms with Crippen LogP contribution < -0.4 is 0 Å². The fraction of sp³-hybridized carbons (Fsp3) is 0.357. The third kappa shape index (κ3) is 2.56. The molecule has 2 aromatic rings. The zero-order valence-electron chi connectivity index (χ0n) is 10.6. The number of benzene rings is 1. The van der Waals surface area contributed by atoms with E-state index in [2.05, 4.69) is 29.2 Å². The Bertz CT molecular complexity index is 609. The van der Waals surface area contributed by atoms with Gasteiger partial charge in [0.25, 0.3) is 0 Å². The number of aromatic nitrogens is 2. The smallest absolute Gasteiger partial charge is 0.238 e. The van der Waals surface area contributed by atoms with E-state index < -0.39 is 0 Å². The molecule has 2 heterocycles. The molecule has 0 saturated carbocycles. The third-order valence-electron chi connectivity index (χ3n) is 3.31. The van der Waals surface area contributed by atoms with E-state index in [-0.39, 0.29) is 11.7 Å². The number of Topliss-reactive ketones (excluding diaryl/α,β-unsaturated/α-hetero) is 1. The van der Waals surface area contributed by atoms with Crippen LogP contribution in [0.3, 0.4) is 0 Å². The summed E-state index contributed by atoms with van der Waals surface area (Å²) in [5.41, 5.74) is 2.39. The Morgan fingerprint density at radius 3 is 3.00 bits per heavy atom. The van der Waals surface area contributed by atoms with Crippen molar-refractivity contribution in [2.45, 2.75) is 19.3 Å². The summed E-state index contributed by atoms with van der Waals surface area (Å²) in [6.45, 7) is 2.06. The molecule has 0 N–H and O–H groups in total. The summed E-state index contributed by atoms with van der Waals surface area (Å²) in [6.07, 6.45) is 0.643. The molecular formula is C14H14N2O2S. The van der Waals surface area contributed by atoms with Gasteiger partial charge < -0.3 is 4.52 Å². The first-order valence-corrected chi connectivity index (χ1v) is 7.37. The summed E-state index contributed by atoms with van der Waals surface area (Å²) in [5, 5.41) is 3.98. The monoisotopic (exact) mass is 274 g/mol. The molecule has 1 fully saturated rings. The second-order valence-corrected chi connectivity index (χ2v) is 5.72. The van der Waals surface area contributed by atoms with Gasteiger partial charge >= 0.3 is 0 Å². The first kappa shape index (κ1) is 12.4. The zero-order chi connectivity index (χ0) is 13.2. The van der Waals surface area contributed by atoms with Crippen molar-refractivity contribution in [1.29, 1.82) is 0 Å². The highest BCUT2D eigenvalue weighted by Gasteiger charge is 2.31. The van der Waals surface area contributed by atoms with Gasteiger partial charge in [-0.2, -0.15) is 16.7 Å². The topological polar surface area (TPSA) is 56.0 Å². The fourth-order valence-corrected chi connectivity index (χ4v) is 3.22. The Hall–Kier alpha value is -1.62. The van der Waals surface area contributed by atoms with Crippen LogP contribution in [0.5, 0.6) is 0 Å². The van der Waals surface area contributed by atoms with Crippen molar-refractivity contribution in [2.24, 2.45) is 0 Å². The second-order valence-electron chi connectivity index (χ2n) is 4.69. The molecule has 0 spiro atoms. The van der Waals surface area contributed by atoms with E-state index in [1.165, 1.54) is 11.1 Å². The Labute approximate surface area is 115 Å². The van der Waals surface area contributed by atoms with Crippen LogP contribution in [-0.4, -0.2) is 27.4 Å². The van der Waals surface area contributed by atoms with Crippen LogP contribution in [0.25, 0.3) is 0 Å². The van der Waals surface area contributed by atoms with Gasteiger partial charge in [-0.25, -0.2) is 0 Å². The van der Waals surface area contributed by atoms with Gasteiger partial charge in [0.2, 0.25) is 5.89 Å². The lowest BCUT2D eigenvalue weighted by Crippen LogP contribution is -2.09. The maximum absolute atomic E-state index is 11.6. The molecule has 19 heavy (non-hydrogen) atoms. The Morgan fingerprint density at radius 1 is 1.42 bits per heavy atom. The van der Waals surface area contributed by atoms with E-state index in [1.54, 1.807) is 11.8 Å². The molecule has 1 atom stereocenters. The standard InChI is InChI=1S/C14H14N2O2S/c1-9-4-2-3-5-10(9)6-13-15-14(18-16-13)11-7-19-8-12(11)17/h2-5,11H,6-8H2,1H3. The molecule has 1 aromatic carbocycles. The molecule has 1 aromatic heterocycles. The Kier molecular flexibility index (Phi) is 3.38. The number of carbonyl (C=O) groups excluding carboxylic acids is 1. The summed E-state index contributed by atoms with van der Waals surface area (Å²) in [6, 6.07) is 8.13. The van der Waals surface area contributed by atoms with Crippen LogP contribution in [-0.2, 0) is 11.2 Å². The molecular weight excluding hydrogens is 260 g/mol. The summed E-state index contributed by atoms with van der Waals surface area (Å²) in [4.78, 5) is 16.0. The molecule has 0 radical (unpaired) electrons. The molecule has 98 valence electrons. The molecule has 4 nitrogen and oxygen atoms in total. The van der Waals surface area contributed by atoms with E-state index in [1.807, 2.05) is 12.1 Å². The van der Waals surface area contributed by atoms with Gasteiger partial charge in [-0.15, -0.1) is 0 Å². The van der Waals surface area contributed by atoms with Crippen molar-refractivity contribution in [3.05, 3.63) is 47.1 Å². The number of aryl methyl sites for hydroxylation is 1. The minimum Gasteiger partial charge on any atom is -0.339 e. The van der Waals surface area contributed by atoms with Crippen LogP contribution in [0, 0.1) is 6.92 Å². The summed E-state index contributed by atoms with van der Waals surface area (Å²) in [7, 11) is 0. The normalized spacial score (nSPS) is 19.0. The lowest BCUT2D eigenvalue weighted by molar-refractivity contribution is -0.117. The molecule has 0 aliphatic carbocycles. The van der Waals surface area contributed by atoms with Gasteiger partial charge in [0.15, 0.2) is 11.6 Å². The van der Waals surface area contributed by atoms with Crippen molar-refractivity contribution in [2.75, 3.05) is 11.5 Å². The van der Waals surface area contributed by atoms with Gasteiger partial charge in [-0.3, -0.25) is 4.79 Å². The zero-order valence-corrected chi connectivity index (χ0v) is 11.4. The Morgan fingerprint density at radius 2 is 2.26 bits per heavy atom. The molecule has 1 aliphatic heterocycles. The number of ketones is 1. The highest BCUT2D eigenvalue weighted by Crippen LogP contribution is 2.28. The fourth-order valence-electron chi connectivity index (χ4n) is 2.14. The number of carbonyl (C=O) groups is 1. The number of hydrogen-bond donors (Lipinski definition) is 0. The number of thioether (sulfide) groups is 1. The first-order chi connectivity index (χ1) is 9.24. The van der Waals surface area contributed by atoms with E-state index in [4.69, 9.17) is 4.52 Å². The van der Waals surface area contributed by atoms with Gasteiger partial charge in [0.05, 0.1) is 5.75 Å². The predicted octanol–water partition coefficient (Wildman–Crippen LogP) is 2.37. The SMILES string of the molecule is Cc1ccccc1Cc1noc(C2CSCC2=O)n1. The minimum absolute atomic E-state index is 0.191. The van der Waals surface area contributed by atoms with E-state index in [9.17, 15) is 4.79 Å². The van der Waals surface area contributed by atoms with Crippen LogP contribution in [0.15, 0.2) is 28.8 Å². The maximum atomic E-state index is 11.6. The van der Waals surface area contributed by atoms with Gasteiger partial charge in [0.1, 0.15) is 5.92 Å². The number of nitrogens with zero attached hydrogens (tertiary/aromatic N) is 2. The van der Waals surface area contributed by atoms with Crippen molar-refractivity contribution in [3.63, 3.8) is 0 Å². The van der Waals surface area contributed by atoms with E-state index >= 15 is 0 Å². The molecule has 3 rings (SSSR count). The van der Waals surface area contributed by atoms with Gasteiger partial charge in [-0.05, 0) is 18.1 Å². The lowest BCUT2D eigenvalue weighted by Gasteiger charge is -2.01. The summed E-state index contributed by atoms with van der Waals surface area (Å²) in [5.74, 6) is 2.41. The third-order valence-corrected chi connectivity index (χ3v) is 4.37. The molecule has 0 bridgehead atoms. The van der Waals surface area contributed by atoms with Gasteiger partial charge in [-0.1, -0.05) is 29.4 Å². The van der Waals surface area contributed by atoms with Crippen molar-refractivity contribution in [1.82, 2.24) is 10.1 Å². The predicted molar refractivity (Wildman–Crippen MR) is 73.4 cm³/mol. The van der Waals surface area contributed by atoms with E-state index in [0.29, 0.717) is 23.9 Å². The second kappa shape index (κ2) is 5.17. The largest absolute Gasteiger partial charge is 0.339 e. The molecule has 0 amide bonds. The van der Waals surface area contributed by atoms with Crippen molar-refractivity contribution >= 4 is 17.5 Å². The molecule has 1 unspecified atom stereocenters. The Balaban J connectivity index is 1.78. The first-order valence-electron chi connectivity index (χ1n) is 6.21. The van der Waals surface area contributed by atoms with Crippen LogP contribution in [0.1, 0.15) is 28.8 Å². The van der Waals surface area contributed by atoms with Crippen molar-refractivity contribution in [3.8, 4) is 0 Å². The molecule has 1 aliphatic rings. The van der Waals surface area contributed by atoms with E-state index in [0.717, 1.165) is 5.75 Å². The van der Waals surface area contributed by atoms with Crippen molar-refractivity contribution < 1.29 is 9.32 Å². The van der Waals surface area contributed by atoms with Crippen LogP contribution in [0.4, 0.5) is 0 Å². The molecule has 5 heteroatoms. The highest BCUT2D eigenvalue weighted by molar-refractivity contribution is 8.00. The maximum Gasteiger partial charge on any atom is 0.238 e. The molecule has 1 saturated heterocycles. The number of hydrogen-bond acceptors (Lipinski definition) is 5. The summed E-state index contributed by atoms with van der Waals surface area (Å²) >= 11 is 1.62. The highest BCUT2D eigenvalue weighted by atomic mass is 32.2. The average Bonchev–Trinajstić information content (AvgIpc) is 3.01. The lowest BCUT2D eigenvalue weighted by atomic mass is 10.1. The average molecular weight is 274 g/mol. The minimum atomic E-state index is -0.205. The van der Waals surface area contributed by atoms with Crippen LogP contribution >= 0.6 is 11.8 Å². The van der Waals surface area contributed by atoms with Crippen LogP contribution in [0.2, 0.25) is 0 Å². The summed E-state index contributed by atoms with van der Waals surface area (Å²) < 4.78 is 5.24. The quantitative estimate of drug-likeness (QED) is 0.860.